The van der Waals surface area contributed by atoms with Gasteiger partial charge in [0.1, 0.15) is 0 Å². The van der Waals surface area contributed by atoms with Gasteiger partial charge in [0, 0.05) is 19.1 Å². The van der Waals surface area contributed by atoms with E-state index in [-0.39, 0.29) is 0 Å². The lowest BCUT2D eigenvalue weighted by Crippen LogP contribution is -2.50. The minimum absolute atomic E-state index is 0.479. The lowest BCUT2D eigenvalue weighted by atomic mass is 9.91. The van der Waals surface area contributed by atoms with Crippen LogP contribution in [0.1, 0.15) is 25.7 Å². The monoisotopic (exact) mass is 199 g/mol. The fourth-order valence-corrected chi connectivity index (χ4v) is 2.09. The second-order valence-electron chi connectivity index (χ2n) is 4.29. The van der Waals surface area contributed by atoms with Crippen molar-refractivity contribution in [1.82, 2.24) is 4.90 Å². The summed E-state index contributed by atoms with van der Waals surface area (Å²) in [4.78, 5) is 13.6. The Labute approximate surface area is 83.8 Å². The molecule has 1 saturated heterocycles. The van der Waals surface area contributed by atoms with E-state index in [9.17, 15) is 9.90 Å². The maximum Gasteiger partial charge on any atom is 0.337 e. The van der Waals surface area contributed by atoms with E-state index in [1.54, 1.807) is 0 Å². The number of methoxy groups -OCH3 is 1. The van der Waals surface area contributed by atoms with Gasteiger partial charge >= 0.3 is 5.97 Å². The number of aliphatic hydroxyl groups is 1. The number of carbonyl (C=O) groups excluding carboxylic acids is 1. The second kappa shape index (κ2) is 3.51. The fraction of sp³-hybridized carbons (Fsp3) is 0.900. The largest absolute Gasteiger partial charge is 0.467 e. The summed E-state index contributed by atoms with van der Waals surface area (Å²) in [6.45, 7) is 1.63. The van der Waals surface area contributed by atoms with Gasteiger partial charge < -0.3 is 14.7 Å². The summed E-state index contributed by atoms with van der Waals surface area (Å²) in [6.07, 6.45) is 3.57. The van der Waals surface area contributed by atoms with Gasteiger partial charge in [0.15, 0.2) is 5.60 Å². The molecule has 0 aromatic heterocycles. The Morgan fingerprint density at radius 3 is 2.43 bits per heavy atom. The molecule has 0 amide bonds. The summed E-state index contributed by atoms with van der Waals surface area (Å²) in [5, 5.41) is 9.96. The van der Waals surface area contributed by atoms with Gasteiger partial charge in [-0.15, -0.1) is 0 Å². The molecule has 2 aliphatic rings. The number of nitrogens with zero attached hydrogens (tertiary/aromatic N) is 1. The average molecular weight is 199 g/mol. The Bertz CT molecular complexity index is 230. The number of rotatable bonds is 2. The van der Waals surface area contributed by atoms with Crippen LogP contribution in [0.5, 0.6) is 0 Å². The Kier molecular flexibility index (Phi) is 2.49. The highest BCUT2D eigenvalue weighted by Gasteiger charge is 2.43. The quantitative estimate of drug-likeness (QED) is 0.643. The molecule has 1 heterocycles. The van der Waals surface area contributed by atoms with Crippen LogP contribution >= 0.6 is 0 Å². The molecule has 0 aromatic rings. The number of hydrogen-bond donors (Lipinski definition) is 1. The SMILES string of the molecule is COC(=O)C1(O)CCN(C2CC2)CC1. The lowest BCUT2D eigenvalue weighted by molar-refractivity contribution is -0.167. The van der Waals surface area contributed by atoms with E-state index in [1.807, 2.05) is 0 Å². The van der Waals surface area contributed by atoms with Crippen LogP contribution < -0.4 is 0 Å². The minimum Gasteiger partial charge on any atom is -0.467 e. The molecule has 2 fully saturated rings. The molecule has 2 rings (SSSR count). The predicted octanol–water partition coefficient (Wildman–Crippen LogP) is 0.149. The van der Waals surface area contributed by atoms with Crippen LogP contribution in [0.4, 0.5) is 0 Å². The number of carbonyl (C=O) groups is 1. The molecule has 1 aliphatic carbocycles. The number of likely N-dealkylation sites (tertiary alicyclic amines) is 1. The predicted molar refractivity (Wildman–Crippen MR) is 50.8 cm³/mol. The highest BCUT2D eigenvalue weighted by Crippen LogP contribution is 2.32. The summed E-state index contributed by atoms with van der Waals surface area (Å²) < 4.78 is 4.60. The summed E-state index contributed by atoms with van der Waals surface area (Å²) in [5.41, 5.74) is -1.22. The van der Waals surface area contributed by atoms with E-state index in [0.29, 0.717) is 12.8 Å². The van der Waals surface area contributed by atoms with Crippen molar-refractivity contribution in [2.24, 2.45) is 0 Å². The van der Waals surface area contributed by atoms with Crippen molar-refractivity contribution >= 4 is 5.97 Å². The first-order valence-electron chi connectivity index (χ1n) is 5.20. The first kappa shape index (κ1) is 9.93. The van der Waals surface area contributed by atoms with Crippen molar-refractivity contribution in [3.05, 3.63) is 0 Å². The molecule has 0 bridgehead atoms. The first-order valence-corrected chi connectivity index (χ1v) is 5.20. The molecule has 4 nitrogen and oxygen atoms in total. The average Bonchev–Trinajstić information content (AvgIpc) is 3.01. The Hall–Kier alpha value is -0.610. The van der Waals surface area contributed by atoms with Crippen molar-refractivity contribution in [3.63, 3.8) is 0 Å². The number of esters is 1. The third-order valence-electron chi connectivity index (χ3n) is 3.25. The minimum atomic E-state index is -1.22. The van der Waals surface area contributed by atoms with Gasteiger partial charge in [-0.2, -0.15) is 0 Å². The zero-order chi connectivity index (χ0) is 10.2. The smallest absolute Gasteiger partial charge is 0.337 e. The van der Waals surface area contributed by atoms with Crippen molar-refractivity contribution in [2.75, 3.05) is 20.2 Å². The molecule has 0 radical (unpaired) electrons. The normalized spacial score (nSPS) is 27.3. The lowest BCUT2D eigenvalue weighted by Gasteiger charge is -2.36. The van der Waals surface area contributed by atoms with Crippen LogP contribution in [-0.4, -0.2) is 47.8 Å². The van der Waals surface area contributed by atoms with Crippen molar-refractivity contribution in [1.29, 1.82) is 0 Å². The molecule has 1 aliphatic heterocycles. The third-order valence-corrected chi connectivity index (χ3v) is 3.25. The maximum atomic E-state index is 11.3. The van der Waals surface area contributed by atoms with E-state index in [4.69, 9.17) is 0 Å². The number of ether oxygens (including phenoxy) is 1. The van der Waals surface area contributed by atoms with Gasteiger partial charge in [-0.25, -0.2) is 4.79 Å². The summed E-state index contributed by atoms with van der Waals surface area (Å²) in [6, 6.07) is 0.720. The zero-order valence-electron chi connectivity index (χ0n) is 8.53. The van der Waals surface area contributed by atoms with Gasteiger partial charge in [0.25, 0.3) is 0 Å². The Morgan fingerprint density at radius 2 is 2.00 bits per heavy atom. The molecule has 1 saturated carbocycles. The van der Waals surface area contributed by atoms with Gasteiger partial charge in [-0.05, 0) is 25.7 Å². The fourth-order valence-electron chi connectivity index (χ4n) is 2.09. The Morgan fingerprint density at radius 1 is 1.43 bits per heavy atom. The molecule has 0 unspecified atom stereocenters. The summed E-state index contributed by atoms with van der Waals surface area (Å²) in [7, 11) is 1.33. The molecule has 14 heavy (non-hydrogen) atoms. The van der Waals surface area contributed by atoms with Crippen LogP contribution in [0.3, 0.4) is 0 Å². The van der Waals surface area contributed by atoms with Gasteiger partial charge in [-0.1, -0.05) is 0 Å². The molecule has 0 aromatic carbocycles. The highest BCUT2D eigenvalue weighted by molar-refractivity contribution is 5.79. The molecular weight excluding hydrogens is 182 g/mol. The zero-order valence-corrected chi connectivity index (χ0v) is 8.53. The van der Waals surface area contributed by atoms with Gasteiger partial charge in [-0.3, -0.25) is 0 Å². The number of piperidine rings is 1. The van der Waals surface area contributed by atoms with Crippen LogP contribution in [0.25, 0.3) is 0 Å². The molecule has 80 valence electrons. The van der Waals surface area contributed by atoms with Crippen molar-refractivity contribution in [2.45, 2.75) is 37.3 Å². The van der Waals surface area contributed by atoms with Crippen LogP contribution in [-0.2, 0) is 9.53 Å². The molecule has 0 spiro atoms. The maximum absolute atomic E-state index is 11.3. The van der Waals surface area contributed by atoms with Crippen LogP contribution in [0.15, 0.2) is 0 Å². The van der Waals surface area contributed by atoms with E-state index >= 15 is 0 Å². The van der Waals surface area contributed by atoms with Crippen LogP contribution in [0, 0.1) is 0 Å². The molecular formula is C10H17NO3. The molecule has 4 heteroatoms. The van der Waals surface area contributed by atoms with Crippen molar-refractivity contribution in [3.8, 4) is 0 Å². The third kappa shape index (κ3) is 1.77. The second-order valence-corrected chi connectivity index (χ2v) is 4.29. The summed E-state index contributed by atoms with van der Waals surface area (Å²) >= 11 is 0. The highest BCUT2D eigenvalue weighted by atomic mass is 16.5. The van der Waals surface area contributed by atoms with E-state index in [1.165, 1.54) is 20.0 Å². The standard InChI is InChI=1S/C10H17NO3/c1-14-9(12)10(13)4-6-11(7-5-10)8-2-3-8/h8,13H,2-7H2,1H3. The summed E-state index contributed by atoms with van der Waals surface area (Å²) in [5.74, 6) is -0.479. The molecule has 1 N–H and O–H groups in total. The van der Waals surface area contributed by atoms with E-state index < -0.39 is 11.6 Å². The number of hydrogen-bond acceptors (Lipinski definition) is 4. The van der Waals surface area contributed by atoms with Crippen molar-refractivity contribution < 1.29 is 14.6 Å². The van der Waals surface area contributed by atoms with E-state index in [2.05, 4.69) is 9.64 Å². The first-order chi connectivity index (χ1) is 6.65. The topological polar surface area (TPSA) is 49.8 Å². The van der Waals surface area contributed by atoms with Gasteiger partial charge in [0.2, 0.25) is 0 Å². The molecule has 0 atom stereocenters. The van der Waals surface area contributed by atoms with Crippen LogP contribution in [0.2, 0.25) is 0 Å². The Balaban J connectivity index is 1.90. The van der Waals surface area contributed by atoms with Gasteiger partial charge in [0.05, 0.1) is 7.11 Å². The van der Waals surface area contributed by atoms with E-state index in [0.717, 1.165) is 19.1 Å².